The van der Waals surface area contributed by atoms with Crippen LogP contribution in [0, 0.1) is 0 Å². The largest absolute Gasteiger partial charge is 0.352 e. The van der Waals surface area contributed by atoms with Crippen LogP contribution in [0.1, 0.15) is 45.2 Å². The van der Waals surface area contributed by atoms with E-state index >= 15 is 0 Å². The van der Waals surface area contributed by atoms with Crippen molar-refractivity contribution >= 4 is 39.1 Å². The molecule has 0 aliphatic rings. The highest BCUT2D eigenvalue weighted by atomic mass is 35.5. The Balaban J connectivity index is 2.04. The SMILES string of the molecule is CCc1ccccc1N(CC(=O)N(Cc1ccc(Cl)cc1)C(C)C(=O)NC(C)CC)S(=O)(=O)c1ccccc1. The Morgan fingerprint density at radius 2 is 1.51 bits per heavy atom. The van der Waals surface area contributed by atoms with Gasteiger partial charge in [-0.15, -0.1) is 0 Å². The second-order valence-corrected chi connectivity index (χ2v) is 11.7. The normalized spacial score (nSPS) is 12.8. The zero-order valence-corrected chi connectivity index (χ0v) is 24.4. The van der Waals surface area contributed by atoms with Crippen LogP contribution in [0.25, 0.3) is 0 Å². The average Bonchev–Trinajstić information content (AvgIpc) is 2.95. The first-order valence-electron chi connectivity index (χ1n) is 13.1. The lowest BCUT2D eigenvalue weighted by atomic mass is 10.1. The van der Waals surface area contributed by atoms with Crippen LogP contribution >= 0.6 is 11.6 Å². The molecule has 2 unspecified atom stereocenters. The minimum absolute atomic E-state index is 0.0705. The van der Waals surface area contributed by atoms with Gasteiger partial charge in [0, 0.05) is 17.6 Å². The minimum atomic E-state index is -4.09. The molecule has 2 amide bonds. The maximum Gasteiger partial charge on any atom is 0.264 e. The number of carbonyl (C=O) groups excluding carboxylic acids is 2. The second-order valence-electron chi connectivity index (χ2n) is 9.45. The quantitative estimate of drug-likeness (QED) is 0.315. The summed E-state index contributed by atoms with van der Waals surface area (Å²) in [4.78, 5) is 28.6. The molecule has 0 aliphatic heterocycles. The van der Waals surface area contributed by atoms with Gasteiger partial charge in [-0.1, -0.05) is 74.0 Å². The highest BCUT2D eigenvalue weighted by Crippen LogP contribution is 2.28. The molecule has 0 radical (unpaired) electrons. The van der Waals surface area contributed by atoms with E-state index in [-0.39, 0.29) is 23.4 Å². The van der Waals surface area contributed by atoms with E-state index in [1.54, 1.807) is 61.5 Å². The van der Waals surface area contributed by atoms with Crippen molar-refractivity contribution in [1.29, 1.82) is 0 Å². The third-order valence-electron chi connectivity index (χ3n) is 6.69. The Labute approximate surface area is 236 Å². The molecule has 1 N–H and O–H groups in total. The van der Waals surface area contributed by atoms with Crippen LogP contribution in [0.15, 0.2) is 83.8 Å². The zero-order valence-electron chi connectivity index (χ0n) is 22.8. The fourth-order valence-electron chi connectivity index (χ4n) is 4.12. The fourth-order valence-corrected chi connectivity index (χ4v) is 5.72. The third-order valence-corrected chi connectivity index (χ3v) is 8.71. The Bertz CT molecular complexity index is 1360. The molecule has 3 rings (SSSR count). The smallest absolute Gasteiger partial charge is 0.264 e. The molecule has 2 atom stereocenters. The fraction of sp³-hybridized carbons (Fsp3) is 0.333. The lowest BCUT2D eigenvalue weighted by Gasteiger charge is -2.33. The van der Waals surface area contributed by atoms with Crippen molar-refractivity contribution < 1.29 is 18.0 Å². The summed E-state index contributed by atoms with van der Waals surface area (Å²) >= 11 is 6.05. The standard InChI is InChI=1S/C30H36ClN3O4S/c1-5-22(3)32-30(36)23(4)33(20-24-16-18-26(31)19-17-24)29(35)21-34(28-15-11-10-12-25(28)6-2)39(37,38)27-13-8-7-9-14-27/h7-19,22-23H,5-6,20-21H2,1-4H3,(H,32,36). The maximum absolute atomic E-state index is 14.0. The summed E-state index contributed by atoms with van der Waals surface area (Å²) in [7, 11) is -4.09. The molecule has 0 saturated carbocycles. The molecule has 3 aromatic carbocycles. The summed E-state index contributed by atoms with van der Waals surface area (Å²) in [6.45, 7) is 7.09. The van der Waals surface area contributed by atoms with Crippen LogP contribution in [0.4, 0.5) is 5.69 Å². The van der Waals surface area contributed by atoms with Crippen molar-refractivity contribution in [3.8, 4) is 0 Å². The molecule has 9 heteroatoms. The number of anilines is 1. The number of aryl methyl sites for hydroxylation is 1. The van der Waals surface area contributed by atoms with Crippen molar-refractivity contribution in [2.45, 2.75) is 64.1 Å². The first-order chi connectivity index (χ1) is 18.6. The van der Waals surface area contributed by atoms with E-state index in [2.05, 4.69) is 5.32 Å². The highest BCUT2D eigenvalue weighted by Gasteiger charge is 2.33. The van der Waals surface area contributed by atoms with E-state index in [4.69, 9.17) is 11.6 Å². The number of hydrogen-bond acceptors (Lipinski definition) is 4. The molecular formula is C30H36ClN3O4S. The predicted molar refractivity (Wildman–Crippen MR) is 156 cm³/mol. The van der Waals surface area contributed by atoms with Crippen LogP contribution in [-0.4, -0.2) is 43.8 Å². The number of nitrogens with zero attached hydrogens (tertiary/aromatic N) is 2. The third kappa shape index (κ3) is 7.61. The van der Waals surface area contributed by atoms with E-state index in [0.29, 0.717) is 17.1 Å². The number of rotatable bonds is 12. The molecule has 0 aromatic heterocycles. The van der Waals surface area contributed by atoms with E-state index in [0.717, 1.165) is 21.9 Å². The molecule has 0 aliphatic carbocycles. The zero-order chi connectivity index (χ0) is 28.6. The number of para-hydroxylation sites is 1. The number of carbonyl (C=O) groups is 2. The molecule has 7 nitrogen and oxygen atoms in total. The van der Waals surface area contributed by atoms with Gasteiger partial charge in [-0.3, -0.25) is 13.9 Å². The van der Waals surface area contributed by atoms with Gasteiger partial charge in [-0.05, 0) is 68.1 Å². The summed E-state index contributed by atoms with van der Waals surface area (Å²) in [5.74, 6) is -0.805. The highest BCUT2D eigenvalue weighted by molar-refractivity contribution is 7.92. The van der Waals surface area contributed by atoms with E-state index < -0.39 is 28.5 Å². The number of nitrogens with one attached hydrogen (secondary N) is 1. The van der Waals surface area contributed by atoms with Gasteiger partial charge >= 0.3 is 0 Å². The van der Waals surface area contributed by atoms with Crippen molar-refractivity contribution in [3.63, 3.8) is 0 Å². The molecule has 0 fully saturated rings. The summed E-state index contributed by atoms with van der Waals surface area (Å²) in [5, 5.41) is 3.48. The first kappa shape index (κ1) is 30.2. The second kappa shape index (κ2) is 13.6. The number of benzene rings is 3. The lowest BCUT2D eigenvalue weighted by molar-refractivity contribution is -0.139. The molecule has 39 heavy (non-hydrogen) atoms. The Morgan fingerprint density at radius 1 is 0.897 bits per heavy atom. The summed E-state index contributed by atoms with van der Waals surface area (Å²) in [5.41, 5.74) is 1.99. The van der Waals surface area contributed by atoms with Gasteiger partial charge < -0.3 is 10.2 Å². The summed E-state index contributed by atoms with van der Waals surface area (Å²) in [6.07, 6.45) is 1.31. The van der Waals surface area contributed by atoms with Crippen molar-refractivity contribution in [1.82, 2.24) is 10.2 Å². The van der Waals surface area contributed by atoms with Crippen LogP contribution in [0.2, 0.25) is 5.02 Å². The van der Waals surface area contributed by atoms with Crippen LogP contribution in [0.5, 0.6) is 0 Å². The van der Waals surface area contributed by atoms with Crippen LogP contribution in [0.3, 0.4) is 0 Å². The van der Waals surface area contributed by atoms with Gasteiger partial charge in [0.25, 0.3) is 10.0 Å². The van der Waals surface area contributed by atoms with Gasteiger partial charge in [0.05, 0.1) is 10.6 Å². The molecule has 0 bridgehead atoms. The Morgan fingerprint density at radius 3 is 2.13 bits per heavy atom. The molecular weight excluding hydrogens is 534 g/mol. The predicted octanol–water partition coefficient (Wildman–Crippen LogP) is 5.43. The molecule has 0 saturated heterocycles. The van der Waals surface area contributed by atoms with Gasteiger partial charge in [0.2, 0.25) is 11.8 Å². The lowest BCUT2D eigenvalue weighted by Crippen LogP contribution is -2.52. The molecule has 0 heterocycles. The number of amides is 2. The monoisotopic (exact) mass is 569 g/mol. The van der Waals surface area contributed by atoms with Gasteiger partial charge in [0.15, 0.2) is 0 Å². The van der Waals surface area contributed by atoms with E-state index in [1.807, 2.05) is 32.9 Å². The molecule has 0 spiro atoms. The minimum Gasteiger partial charge on any atom is -0.352 e. The maximum atomic E-state index is 14.0. The van der Waals surface area contributed by atoms with E-state index in [9.17, 15) is 18.0 Å². The summed E-state index contributed by atoms with van der Waals surface area (Å²) < 4.78 is 29.0. The molecule has 208 valence electrons. The van der Waals surface area contributed by atoms with Crippen LogP contribution in [-0.2, 0) is 32.6 Å². The van der Waals surface area contributed by atoms with Crippen LogP contribution < -0.4 is 9.62 Å². The Kier molecular flexibility index (Phi) is 10.5. The molecule has 3 aromatic rings. The van der Waals surface area contributed by atoms with Crippen molar-refractivity contribution in [3.05, 3.63) is 95.0 Å². The number of hydrogen-bond donors (Lipinski definition) is 1. The topological polar surface area (TPSA) is 86.8 Å². The summed E-state index contributed by atoms with van der Waals surface area (Å²) in [6, 6.07) is 21.3. The number of halogens is 1. The van der Waals surface area contributed by atoms with E-state index in [1.165, 1.54) is 17.0 Å². The average molecular weight is 570 g/mol. The Hall–Kier alpha value is -3.36. The van der Waals surface area contributed by atoms with Crippen molar-refractivity contribution in [2.24, 2.45) is 0 Å². The van der Waals surface area contributed by atoms with Crippen molar-refractivity contribution in [2.75, 3.05) is 10.8 Å². The van der Waals surface area contributed by atoms with Gasteiger partial charge in [-0.2, -0.15) is 0 Å². The van der Waals surface area contributed by atoms with Gasteiger partial charge in [-0.25, -0.2) is 8.42 Å². The number of sulfonamides is 1. The first-order valence-corrected chi connectivity index (χ1v) is 14.9. The van der Waals surface area contributed by atoms with Gasteiger partial charge in [0.1, 0.15) is 12.6 Å².